The molecule has 0 unspecified atom stereocenters. The van der Waals surface area contributed by atoms with Gasteiger partial charge in [0.2, 0.25) is 0 Å². The van der Waals surface area contributed by atoms with Crippen LogP contribution >= 0.6 is 24.0 Å². The summed E-state index contributed by atoms with van der Waals surface area (Å²) in [5, 5.41) is 7.04. The van der Waals surface area contributed by atoms with Crippen LogP contribution in [-0.2, 0) is 17.8 Å². The summed E-state index contributed by atoms with van der Waals surface area (Å²) >= 11 is 0. The number of rotatable bonds is 6. The number of guanidine groups is 1. The fraction of sp³-hybridized carbons (Fsp3) is 0.375. The zero-order valence-electron chi connectivity index (χ0n) is 13.6. The molecule has 6 nitrogen and oxygen atoms in total. The second kappa shape index (κ2) is 9.51. The van der Waals surface area contributed by atoms with E-state index >= 15 is 0 Å². The number of ether oxygens (including phenoxy) is 1. The van der Waals surface area contributed by atoms with E-state index < -0.39 is 0 Å². The molecule has 0 bridgehead atoms. The van der Waals surface area contributed by atoms with Crippen molar-refractivity contribution in [2.24, 2.45) is 10.7 Å². The number of hydrogen-bond donors (Lipinski definition) is 2. The standard InChI is InChI=1S/C16H22N4O2.HI/c1-11-14(12(2)22-20-11)8-9-18-16(17)19-15-7-5-4-6-13(15)10-21-3;/h4-7H,8-10H2,1-3H3,(H3,17,18,19);1H. The molecular formula is C16H23IN4O2. The van der Waals surface area contributed by atoms with Crippen molar-refractivity contribution in [3.05, 3.63) is 46.8 Å². The Kier molecular flexibility index (Phi) is 8.04. The third-order valence-corrected chi connectivity index (χ3v) is 3.41. The van der Waals surface area contributed by atoms with E-state index in [2.05, 4.69) is 15.5 Å². The molecule has 0 atom stereocenters. The third-order valence-electron chi connectivity index (χ3n) is 3.41. The molecule has 1 aromatic carbocycles. The van der Waals surface area contributed by atoms with Crippen LogP contribution in [0.25, 0.3) is 0 Å². The van der Waals surface area contributed by atoms with Gasteiger partial charge in [0.25, 0.3) is 0 Å². The highest BCUT2D eigenvalue weighted by atomic mass is 127. The molecule has 0 amide bonds. The normalized spacial score (nSPS) is 11.2. The van der Waals surface area contributed by atoms with Gasteiger partial charge in [0.15, 0.2) is 5.96 Å². The van der Waals surface area contributed by atoms with Gasteiger partial charge in [-0.15, -0.1) is 24.0 Å². The molecule has 0 aliphatic heterocycles. The predicted octanol–water partition coefficient (Wildman–Crippen LogP) is 3.03. The van der Waals surface area contributed by atoms with Gasteiger partial charge < -0.3 is 20.3 Å². The molecule has 0 spiro atoms. The first-order valence-corrected chi connectivity index (χ1v) is 7.17. The molecule has 1 heterocycles. The van der Waals surface area contributed by atoms with E-state index in [9.17, 15) is 0 Å². The molecule has 126 valence electrons. The van der Waals surface area contributed by atoms with Gasteiger partial charge in [0, 0.05) is 30.5 Å². The van der Waals surface area contributed by atoms with Gasteiger partial charge in [-0.1, -0.05) is 23.4 Å². The Bertz CT molecular complexity index is 636. The summed E-state index contributed by atoms with van der Waals surface area (Å²) in [7, 11) is 1.66. The minimum Gasteiger partial charge on any atom is -0.380 e. The lowest BCUT2D eigenvalue weighted by atomic mass is 10.1. The summed E-state index contributed by atoms with van der Waals surface area (Å²) in [6.07, 6.45) is 0.753. The molecule has 2 aromatic rings. The van der Waals surface area contributed by atoms with Gasteiger partial charge in [0.1, 0.15) is 5.76 Å². The van der Waals surface area contributed by atoms with Gasteiger partial charge in [-0.05, 0) is 26.3 Å². The first-order valence-electron chi connectivity index (χ1n) is 7.17. The molecule has 0 radical (unpaired) electrons. The average molecular weight is 430 g/mol. The van der Waals surface area contributed by atoms with Crippen LogP contribution in [0.5, 0.6) is 0 Å². The minimum absolute atomic E-state index is 0. The van der Waals surface area contributed by atoms with Gasteiger partial charge in [0.05, 0.1) is 12.3 Å². The van der Waals surface area contributed by atoms with Crippen molar-refractivity contribution in [3.8, 4) is 0 Å². The third kappa shape index (κ3) is 5.51. The maximum atomic E-state index is 5.95. The van der Waals surface area contributed by atoms with Crippen LogP contribution in [0, 0.1) is 13.8 Å². The monoisotopic (exact) mass is 430 g/mol. The largest absolute Gasteiger partial charge is 0.380 e. The Morgan fingerprint density at radius 2 is 2.09 bits per heavy atom. The van der Waals surface area contributed by atoms with Gasteiger partial charge in [-0.3, -0.25) is 4.99 Å². The zero-order chi connectivity index (χ0) is 15.9. The Morgan fingerprint density at radius 1 is 1.35 bits per heavy atom. The molecule has 0 aliphatic carbocycles. The number of aliphatic imine (C=N–C) groups is 1. The summed E-state index contributed by atoms with van der Waals surface area (Å²) in [6.45, 7) is 4.93. The Morgan fingerprint density at radius 3 is 2.74 bits per heavy atom. The first kappa shape index (κ1) is 19.4. The van der Waals surface area contributed by atoms with Crippen LogP contribution in [0.2, 0.25) is 0 Å². The van der Waals surface area contributed by atoms with Crippen LogP contribution in [0.3, 0.4) is 0 Å². The van der Waals surface area contributed by atoms with Crippen LogP contribution in [0.1, 0.15) is 22.6 Å². The van der Waals surface area contributed by atoms with Gasteiger partial charge in [-0.25, -0.2) is 0 Å². The molecule has 0 fully saturated rings. The maximum Gasteiger partial charge on any atom is 0.193 e. The highest BCUT2D eigenvalue weighted by molar-refractivity contribution is 14.0. The summed E-state index contributed by atoms with van der Waals surface area (Å²) in [6, 6.07) is 7.84. The van der Waals surface area contributed by atoms with Crippen molar-refractivity contribution < 1.29 is 9.26 Å². The SMILES string of the molecule is COCc1ccccc1NC(N)=NCCc1c(C)noc1C.I. The number of halogens is 1. The lowest BCUT2D eigenvalue weighted by Gasteiger charge is -2.10. The molecule has 7 heteroatoms. The lowest BCUT2D eigenvalue weighted by molar-refractivity contribution is 0.185. The lowest BCUT2D eigenvalue weighted by Crippen LogP contribution is -2.23. The number of nitrogens with zero attached hydrogens (tertiary/aromatic N) is 2. The quantitative estimate of drug-likeness (QED) is 0.418. The van der Waals surface area contributed by atoms with E-state index in [1.165, 1.54) is 0 Å². The second-order valence-electron chi connectivity index (χ2n) is 5.03. The summed E-state index contributed by atoms with van der Waals surface area (Å²) in [5.74, 6) is 1.22. The minimum atomic E-state index is 0. The topological polar surface area (TPSA) is 85.7 Å². The highest BCUT2D eigenvalue weighted by Gasteiger charge is 2.08. The van der Waals surface area contributed by atoms with Crippen LogP contribution < -0.4 is 11.1 Å². The molecule has 0 saturated heterocycles. The fourth-order valence-electron chi connectivity index (χ4n) is 2.25. The fourth-order valence-corrected chi connectivity index (χ4v) is 2.25. The second-order valence-corrected chi connectivity index (χ2v) is 5.03. The van der Waals surface area contributed by atoms with E-state index in [1.807, 2.05) is 38.1 Å². The molecule has 1 aromatic heterocycles. The highest BCUT2D eigenvalue weighted by Crippen LogP contribution is 2.16. The average Bonchev–Trinajstić information content (AvgIpc) is 2.81. The summed E-state index contributed by atoms with van der Waals surface area (Å²) < 4.78 is 10.3. The molecule has 0 aliphatic rings. The first-order chi connectivity index (χ1) is 10.6. The number of benzene rings is 1. The van der Waals surface area contributed by atoms with E-state index in [-0.39, 0.29) is 24.0 Å². The Labute approximate surface area is 153 Å². The molecule has 0 saturated carbocycles. The van der Waals surface area contributed by atoms with E-state index in [0.717, 1.165) is 34.7 Å². The van der Waals surface area contributed by atoms with Crippen molar-refractivity contribution in [2.75, 3.05) is 19.0 Å². The van der Waals surface area contributed by atoms with Crippen molar-refractivity contribution in [3.63, 3.8) is 0 Å². The number of hydrogen-bond acceptors (Lipinski definition) is 4. The van der Waals surface area contributed by atoms with Crippen molar-refractivity contribution in [1.82, 2.24) is 5.16 Å². The summed E-state index contributed by atoms with van der Waals surface area (Å²) in [5.41, 5.74) is 9.89. The maximum absolute atomic E-state index is 5.95. The Balaban J connectivity index is 0.00000264. The number of methoxy groups -OCH3 is 1. The zero-order valence-corrected chi connectivity index (χ0v) is 16.0. The van der Waals surface area contributed by atoms with E-state index in [4.69, 9.17) is 15.0 Å². The number of anilines is 1. The van der Waals surface area contributed by atoms with E-state index in [0.29, 0.717) is 19.1 Å². The van der Waals surface area contributed by atoms with E-state index in [1.54, 1.807) is 7.11 Å². The summed E-state index contributed by atoms with van der Waals surface area (Å²) in [4.78, 5) is 4.35. The number of aromatic nitrogens is 1. The van der Waals surface area contributed by atoms with Crippen molar-refractivity contribution in [1.29, 1.82) is 0 Å². The van der Waals surface area contributed by atoms with Crippen LogP contribution in [0.4, 0.5) is 5.69 Å². The molecular weight excluding hydrogens is 407 g/mol. The predicted molar refractivity (Wildman–Crippen MR) is 102 cm³/mol. The number of aryl methyl sites for hydroxylation is 2. The van der Waals surface area contributed by atoms with Crippen LogP contribution in [0.15, 0.2) is 33.8 Å². The van der Waals surface area contributed by atoms with Crippen molar-refractivity contribution >= 4 is 35.6 Å². The number of nitrogens with two attached hydrogens (primary N) is 1. The molecule has 23 heavy (non-hydrogen) atoms. The van der Waals surface area contributed by atoms with Gasteiger partial charge in [-0.2, -0.15) is 0 Å². The van der Waals surface area contributed by atoms with Gasteiger partial charge >= 0.3 is 0 Å². The number of nitrogens with one attached hydrogen (secondary N) is 1. The molecule has 2 rings (SSSR count). The number of para-hydroxylation sites is 1. The van der Waals surface area contributed by atoms with Crippen molar-refractivity contribution in [2.45, 2.75) is 26.9 Å². The van der Waals surface area contributed by atoms with Crippen LogP contribution in [-0.4, -0.2) is 24.8 Å². The Hall–Kier alpha value is -1.61. The smallest absolute Gasteiger partial charge is 0.193 e. The molecule has 3 N–H and O–H groups in total.